The van der Waals surface area contributed by atoms with Crippen LogP contribution in [0.25, 0.3) is 5.65 Å². The number of hydrogen-bond donors (Lipinski definition) is 3. The molecule has 2 atom stereocenters. The Morgan fingerprint density at radius 3 is 2.44 bits per heavy atom. The van der Waals surface area contributed by atoms with Crippen LogP contribution in [-0.4, -0.2) is 73.9 Å². The monoisotopic (exact) mass is 651 g/mol. The maximum Gasteiger partial charge on any atom is 0.321 e. The maximum absolute atomic E-state index is 13.5. The molecule has 1 saturated heterocycles. The fourth-order valence-electron chi connectivity index (χ4n) is 5.87. The number of likely N-dealkylation sites (N-methyl/N-ethyl adjacent to an activating group) is 1. The number of likely N-dealkylation sites (tertiary alicyclic amines) is 1. The predicted octanol–water partition coefficient (Wildman–Crippen LogP) is 4.06. The van der Waals surface area contributed by atoms with E-state index in [0.29, 0.717) is 34.5 Å². The summed E-state index contributed by atoms with van der Waals surface area (Å²) in [6, 6.07) is 11.9. The van der Waals surface area contributed by atoms with Crippen LogP contribution in [0.5, 0.6) is 5.75 Å². The molecular formula is C35H41N9O4. The molecule has 48 heavy (non-hydrogen) atoms. The van der Waals surface area contributed by atoms with Crippen LogP contribution in [0.2, 0.25) is 0 Å². The number of amides is 3. The molecule has 0 saturated carbocycles. The molecule has 0 unspecified atom stereocenters. The highest BCUT2D eigenvalue weighted by molar-refractivity contribution is 5.94. The predicted molar refractivity (Wildman–Crippen MR) is 180 cm³/mol. The highest BCUT2D eigenvalue weighted by Gasteiger charge is 2.39. The SMILES string of the molecule is CN1CC(NC(=O)c2nc(NC(=O)N[C@@]3(C=O)C=C[C@@H](Oc4ccc5nnc(C(C)(C)C)n5c4)c4ccccc43)cc(C(C)(C)C)n2)C1. The van der Waals surface area contributed by atoms with Crippen molar-refractivity contribution in [3.63, 3.8) is 0 Å². The van der Waals surface area contributed by atoms with E-state index in [4.69, 9.17) is 4.74 Å². The van der Waals surface area contributed by atoms with Crippen molar-refractivity contribution in [3.8, 4) is 5.75 Å². The van der Waals surface area contributed by atoms with Gasteiger partial charge >= 0.3 is 6.03 Å². The molecule has 13 heteroatoms. The van der Waals surface area contributed by atoms with E-state index in [9.17, 15) is 14.4 Å². The van der Waals surface area contributed by atoms with Crippen LogP contribution in [0.4, 0.5) is 10.6 Å². The van der Waals surface area contributed by atoms with Crippen LogP contribution >= 0.6 is 0 Å². The second-order valence-corrected chi connectivity index (χ2v) is 14.5. The molecule has 4 aromatic rings. The first-order chi connectivity index (χ1) is 22.6. The number of rotatable bonds is 7. The van der Waals surface area contributed by atoms with Crippen molar-refractivity contribution in [1.82, 2.24) is 40.1 Å². The van der Waals surface area contributed by atoms with Gasteiger partial charge in [0, 0.05) is 35.5 Å². The number of fused-ring (bicyclic) bond motifs is 2. The molecule has 4 heterocycles. The average Bonchev–Trinajstić information content (AvgIpc) is 3.45. The zero-order chi connectivity index (χ0) is 34.4. The van der Waals surface area contributed by atoms with E-state index < -0.39 is 29.0 Å². The van der Waals surface area contributed by atoms with Crippen LogP contribution in [0.3, 0.4) is 0 Å². The minimum atomic E-state index is -1.49. The van der Waals surface area contributed by atoms with E-state index in [1.807, 2.05) is 62.7 Å². The molecule has 6 rings (SSSR count). The van der Waals surface area contributed by atoms with Crippen LogP contribution in [0.15, 0.2) is 60.8 Å². The minimum Gasteiger partial charge on any atom is -0.480 e. The zero-order valence-electron chi connectivity index (χ0n) is 28.2. The maximum atomic E-state index is 13.5. The number of ether oxygens (including phenoxy) is 1. The Bertz CT molecular complexity index is 1920. The molecule has 0 bridgehead atoms. The van der Waals surface area contributed by atoms with Gasteiger partial charge in [0.1, 0.15) is 29.0 Å². The first-order valence-electron chi connectivity index (χ1n) is 15.9. The highest BCUT2D eigenvalue weighted by Crippen LogP contribution is 2.37. The van der Waals surface area contributed by atoms with Crippen molar-refractivity contribution < 1.29 is 19.1 Å². The highest BCUT2D eigenvalue weighted by atomic mass is 16.5. The fraction of sp³-hybridized carbons (Fsp3) is 0.400. The quantitative estimate of drug-likeness (QED) is 0.198. The van der Waals surface area contributed by atoms with Gasteiger partial charge in [-0.3, -0.25) is 19.3 Å². The number of nitrogens with zero attached hydrogens (tertiary/aromatic N) is 6. The summed E-state index contributed by atoms with van der Waals surface area (Å²) in [7, 11) is 1.97. The third kappa shape index (κ3) is 6.50. The molecule has 1 aromatic carbocycles. The summed E-state index contributed by atoms with van der Waals surface area (Å²) in [6.45, 7) is 13.6. The van der Waals surface area contributed by atoms with Crippen LogP contribution in [-0.2, 0) is 21.2 Å². The number of aromatic nitrogens is 5. The van der Waals surface area contributed by atoms with Crippen molar-refractivity contribution in [3.05, 3.63) is 89.3 Å². The molecular weight excluding hydrogens is 610 g/mol. The number of carbonyl (C=O) groups excluding carboxylic acids is 3. The van der Waals surface area contributed by atoms with Gasteiger partial charge in [0.15, 0.2) is 11.9 Å². The van der Waals surface area contributed by atoms with Gasteiger partial charge < -0.3 is 20.3 Å². The van der Waals surface area contributed by atoms with E-state index in [1.165, 1.54) is 0 Å². The lowest BCUT2D eigenvalue weighted by Crippen LogP contribution is -2.57. The summed E-state index contributed by atoms with van der Waals surface area (Å²) in [5, 5.41) is 17.1. The van der Waals surface area contributed by atoms with Gasteiger partial charge in [-0.05, 0) is 36.9 Å². The van der Waals surface area contributed by atoms with Crippen LogP contribution < -0.4 is 20.7 Å². The lowest BCUT2D eigenvalue weighted by molar-refractivity contribution is -0.111. The lowest BCUT2D eigenvalue weighted by atomic mass is 9.81. The smallest absolute Gasteiger partial charge is 0.321 e. The summed E-state index contributed by atoms with van der Waals surface area (Å²) in [6.07, 6.45) is 5.37. The number of hydrogen-bond acceptors (Lipinski definition) is 9. The molecule has 0 radical (unpaired) electrons. The molecule has 0 spiro atoms. The van der Waals surface area contributed by atoms with Crippen molar-refractivity contribution >= 4 is 29.7 Å². The van der Waals surface area contributed by atoms with E-state index in [2.05, 4.69) is 61.8 Å². The van der Waals surface area contributed by atoms with Gasteiger partial charge in [-0.1, -0.05) is 65.8 Å². The van der Waals surface area contributed by atoms with Crippen LogP contribution in [0.1, 0.15) is 80.9 Å². The Morgan fingerprint density at radius 1 is 1.00 bits per heavy atom. The summed E-state index contributed by atoms with van der Waals surface area (Å²) in [5.74, 6) is 1.07. The summed E-state index contributed by atoms with van der Waals surface area (Å²) in [4.78, 5) is 50.3. The van der Waals surface area contributed by atoms with Gasteiger partial charge in [-0.15, -0.1) is 10.2 Å². The Kier molecular flexibility index (Phi) is 8.28. The van der Waals surface area contributed by atoms with Gasteiger partial charge in [0.05, 0.1) is 17.9 Å². The molecule has 1 aliphatic carbocycles. The van der Waals surface area contributed by atoms with Crippen molar-refractivity contribution in [2.24, 2.45) is 0 Å². The standard InChI is InChI=1S/C35H41N9O4/c1-33(2,3)26-16-27(38-29(37-26)30(46)36-21-17-43(7)18-21)39-32(47)40-35(20-45)15-14-25(23-10-8-9-11-24(23)35)48-22-12-13-28-41-42-31(34(4,5)6)44(28)19-22/h8-16,19-21,25H,17-18H2,1-7H3,(H,36,46)(H2,37,38,39,40,47)/t25-,35-/m1/s1. The Hall–Kier alpha value is -5.17. The normalized spacial score (nSPS) is 19.7. The molecule has 13 nitrogen and oxygen atoms in total. The summed E-state index contributed by atoms with van der Waals surface area (Å²) < 4.78 is 8.34. The Morgan fingerprint density at radius 2 is 1.75 bits per heavy atom. The second-order valence-electron chi connectivity index (χ2n) is 14.5. The van der Waals surface area contributed by atoms with E-state index in [-0.39, 0.29) is 23.1 Å². The zero-order valence-corrected chi connectivity index (χ0v) is 28.2. The van der Waals surface area contributed by atoms with Gasteiger partial charge in [0.25, 0.3) is 5.91 Å². The van der Waals surface area contributed by atoms with Gasteiger partial charge in [-0.2, -0.15) is 0 Å². The third-order valence-electron chi connectivity index (χ3n) is 8.40. The first-order valence-corrected chi connectivity index (χ1v) is 15.9. The molecule has 1 fully saturated rings. The van der Waals surface area contributed by atoms with Gasteiger partial charge in [-0.25, -0.2) is 14.8 Å². The molecule has 3 aromatic heterocycles. The summed E-state index contributed by atoms with van der Waals surface area (Å²) >= 11 is 0. The van der Waals surface area contributed by atoms with Crippen molar-refractivity contribution in [2.45, 2.75) is 70.1 Å². The lowest BCUT2D eigenvalue weighted by Gasteiger charge is -2.36. The second kappa shape index (κ2) is 12.1. The Balaban J connectivity index is 1.24. The van der Waals surface area contributed by atoms with Crippen molar-refractivity contribution in [2.75, 3.05) is 25.5 Å². The largest absolute Gasteiger partial charge is 0.480 e. The average molecular weight is 652 g/mol. The first kappa shape index (κ1) is 32.8. The molecule has 2 aliphatic rings. The fourth-order valence-corrected chi connectivity index (χ4v) is 5.87. The third-order valence-corrected chi connectivity index (χ3v) is 8.40. The molecule has 3 N–H and O–H groups in total. The van der Waals surface area contributed by atoms with E-state index in [0.717, 1.165) is 18.9 Å². The minimum absolute atomic E-state index is 0.00859. The number of anilines is 1. The van der Waals surface area contributed by atoms with Gasteiger partial charge in [0.2, 0.25) is 5.82 Å². The number of benzene rings is 1. The summed E-state index contributed by atoms with van der Waals surface area (Å²) in [5.41, 5.74) is 0.409. The number of pyridine rings is 1. The molecule has 3 amide bonds. The number of aldehydes is 1. The number of urea groups is 1. The number of carbonyl (C=O) groups is 3. The number of nitrogens with one attached hydrogen (secondary N) is 3. The topological polar surface area (TPSA) is 156 Å². The Labute approximate surface area is 279 Å². The molecule has 1 aliphatic heterocycles. The molecule has 250 valence electrons. The van der Waals surface area contributed by atoms with Crippen LogP contribution in [0, 0.1) is 0 Å². The van der Waals surface area contributed by atoms with E-state index >= 15 is 0 Å². The van der Waals surface area contributed by atoms with E-state index in [1.54, 1.807) is 30.4 Å². The van der Waals surface area contributed by atoms with Crippen molar-refractivity contribution in [1.29, 1.82) is 0 Å².